The van der Waals surface area contributed by atoms with E-state index in [2.05, 4.69) is 10.4 Å². The first-order valence-corrected chi connectivity index (χ1v) is 6.92. The van der Waals surface area contributed by atoms with Crippen LogP contribution in [0.5, 0.6) is 0 Å². The highest BCUT2D eigenvalue weighted by atomic mass is 16.6. The Hall–Kier alpha value is -2.05. The van der Waals surface area contributed by atoms with Gasteiger partial charge in [-0.1, -0.05) is 0 Å². The molecule has 1 aromatic rings. The third-order valence-corrected chi connectivity index (χ3v) is 2.51. The number of carbonyl (C=O) groups is 2. The Balaban J connectivity index is 2.61. The zero-order chi connectivity index (χ0) is 16.0. The minimum Gasteiger partial charge on any atom is -0.461 e. The van der Waals surface area contributed by atoms with Gasteiger partial charge in [0.1, 0.15) is 11.3 Å². The summed E-state index contributed by atoms with van der Waals surface area (Å²) in [5.74, 6) is -0.431. The molecule has 0 bridgehead atoms. The molecule has 0 aliphatic heterocycles. The Kier molecular flexibility index (Phi) is 5.75. The first kappa shape index (κ1) is 17.0. The molecule has 0 aliphatic rings. The maximum absolute atomic E-state index is 11.8. The van der Waals surface area contributed by atoms with Crippen molar-refractivity contribution >= 4 is 12.1 Å². The second-order valence-electron chi connectivity index (χ2n) is 5.61. The molecule has 0 saturated carbocycles. The molecule has 1 unspecified atom stereocenters. The van der Waals surface area contributed by atoms with Gasteiger partial charge in [0.2, 0.25) is 0 Å². The number of nitrogens with one attached hydrogen (secondary N) is 1. The van der Waals surface area contributed by atoms with Crippen molar-refractivity contribution in [2.24, 2.45) is 0 Å². The second-order valence-corrected chi connectivity index (χ2v) is 5.61. The Bertz CT molecular complexity index is 491. The van der Waals surface area contributed by atoms with Crippen LogP contribution in [-0.2, 0) is 9.47 Å². The number of carbonyl (C=O) groups excluding carboxylic acids is 2. The van der Waals surface area contributed by atoms with Crippen molar-refractivity contribution in [3.63, 3.8) is 0 Å². The fourth-order valence-electron chi connectivity index (χ4n) is 1.66. The first-order chi connectivity index (χ1) is 9.74. The monoisotopic (exact) mass is 297 g/mol. The van der Waals surface area contributed by atoms with E-state index in [-0.39, 0.29) is 6.04 Å². The first-order valence-electron chi connectivity index (χ1n) is 6.92. The summed E-state index contributed by atoms with van der Waals surface area (Å²) in [6.07, 6.45) is 1.02. The standard InChI is InChI=1S/C14H23N3O4/c1-6-20-12(18)11-7-8-16-17(11)10(2)9-15-13(19)21-14(3,4)5/h7-8,10H,6,9H2,1-5H3,(H,15,19). The lowest BCUT2D eigenvalue weighted by molar-refractivity contribution is 0.0508. The van der Waals surface area contributed by atoms with Gasteiger partial charge in [-0.25, -0.2) is 9.59 Å². The Morgan fingerprint density at radius 1 is 1.43 bits per heavy atom. The van der Waals surface area contributed by atoms with Crippen molar-refractivity contribution in [3.05, 3.63) is 18.0 Å². The third-order valence-electron chi connectivity index (χ3n) is 2.51. The molecular formula is C14H23N3O4. The summed E-state index contributed by atoms with van der Waals surface area (Å²) in [4.78, 5) is 23.4. The van der Waals surface area contributed by atoms with Crippen molar-refractivity contribution in [1.29, 1.82) is 0 Å². The topological polar surface area (TPSA) is 82.5 Å². The predicted molar refractivity (Wildman–Crippen MR) is 77.1 cm³/mol. The SMILES string of the molecule is CCOC(=O)c1ccnn1C(C)CNC(=O)OC(C)(C)C. The normalized spacial score (nSPS) is 12.6. The summed E-state index contributed by atoms with van der Waals surface area (Å²) in [6, 6.07) is 1.38. The van der Waals surface area contributed by atoms with E-state index >= 15 is 0 Å². The van der Waals surface area contributed by atoms with Gasteiger partial charge in [0.25, 0.3) is 0 Å². The molecule has 0 aromatic carbocycles. The van der Waals surface area contributed by atoms with E-state index < -0.39 is 17.7 Å². The Labute approximate surface area is 124 Å². The van der Waals surface area contributed by atoms with Crippen molar-refractivity contribution in [2.45, 2.75) is 46.3 Å². The molecule has 0 aliphatic carbocycles. The van der Waals surface area contributed by atoms with Crippen LogP contribution in [0.4, 0.5) is 4.79 Å². The number of aromatic nitrogens is 2. The van der Waals surface area contributed by atoms with Crippen LogP contribution >= 0.6 is 0 Å². The minimum atomic E-state index is -0.547. The average molecular weight is 297 g/mol. The van der Waals surface area contributed by atoms with Gasteiger partial charge in [-0.2, -0.15) is 5.10 Å². The van der Waals surface area contributed by atoms with Crippen molar-refractivity contribution in [3.8, 4) is 0 Å². The lowest BCUT2D eigenvalue weighted by Gasteiger charge is -2.21. The number of amides is 1. The van der Waals surface area contributed by atoms with Crippen LogP contribution < -0.4 is 5.32 Å². The van der Waals surface area contributed by atoms with Gasteiger partial charge in [0.05, 0.1) is 12.6 Å². The van der Waals surface area contributed by atoms with Crippen LogP contribution in [0.1, 0.15) is 51.1 Å². The quantitative estimate of drug-likeness (QED) is 0.842. The van der Waals surface area contributed by atoms with Gasteiger partial charge < -0.3 is 14.8 Å². The summed E-state index contributed by atoms with van der Waals surface area (Å²) in [6.45, 7) is 9.56. The number of esters is 1. The summed E-state index contributed by atoms with van der Waals surface area (Å²) in [7, 11) is 0. The van der Waals surface area contributed by atoms with E-state index in [0.717, 1.165) is 0 Å². The molecule has 0 fully saturated rings. The number of rotatable bonds is 5. The number of nitrogens with zero attached hydrogens (tertiary/aromatic N) is 2. The summed E-state index contributed by atoms with van der Waals surface area (Å²) >= 11 is 0. The van der Waals surface area contributed by atoms with E-state index in [1.165, 1.54) is 10.9 Å². The van der Waals surface area contributed by atoms with Crippen LogP contribution in [0.25, 0.3) is 0 Å². The highest BCUT2D eigenvalue weighted by molar-refractivity contribution is 5.87. The number of hydrogen-bond acceptors (Lipinski definition) is 5. The molecule has 1 heterocycles. The van der Waals surface area contributed by atoms with Crippen LogP contribution in [0.3, 0.4) is 0 Å². The molecule has 118 valence electrons. The van der Waals surface area contributed by atoms with E-state index in [9.17, 15) is 9.59 Å². The van der Waals surface area contributed by atoms with Crippen molar-refractivity contribution in [2.75, 3.05) is 13.2 Å². The van der Waals surface area contributed by atoms with Crippen LogP contribution in [0.15, 0.2) is 12.3 Å². The smallest absolute Gasteiger partial charge is 0.407 e. The predicted octanol–water partition coefficient (Wildman–Crippen LogP) is 2.15. The lowest BCUT2D eigenvalue weighted by Crippen LogP contribution is -2.36. The molecule has 0 radical (unpaired) electrons. The van der Waals surface area contributed by atoms with Crippen LogP contribution in [0.2, 0.25) is 0 Å². The van der Waals surface area contributed by atoms with Gasteiger partial charge in [0.15, 0.2) is 0 Å². The summed E-state index contributed by atoms with van der Waals surface area (Å²) < 4.78 is 11.6. The zero-order valence-electron chi connectivity index (χ0n) is 13.2. The molecular weight excluding hydrogens is 274 g/mol. The lowest BCUT2D eigenvalue weighted by atomic mass is 10.2. The van der Waals surface area contributed by atoms with Crippen LogP contribution in [0, 0.1) is 0 Å². The van der Waals surface area contributed by atoms with E-state index in [1.807, 2.05) is 6.92 Å². The van der Waals surface area contributed by atoms with E-state index in [1.54, 1.807) is 33.8 Å². The maximum Gasteiger partial charge on any atom is 0.407 e. The largest absolute Gasteiger partial charge is 0.461 e. The van der Waals surface area contributed by atoms with Crippen molar-refractivity contribution in [1.82, 2.24) is 15.1 Å². The number of ether oxygens (including phenoxy) is 2. The second kappa shape index (κ2) is 7.10. The number of alkyl carbamates (subject to hydrolysis) is 1. The molecule has 1 aromatic heterocycles. The van der Waals surface area contributed by atoms with Gasteiger partial charge in [-0.05, 0) is 40.7 Å². The van der Waals surface area contributed by atoms with Gasteiger partial charge in [-0.3, -0.25) is 4.68 Å². The van der Waals surface area contributed by atoms with Gasteiger partial charge >= 0.3 is 12.1 Å². The van der Waals surface area contributed by atoms with Gasteiger partial charge in [-0.15, -0.1) is 0 Å². The average Bonchev–Trinajstić information content (AvgIpc) is 2.83. The Morgan fingerprint density at radius 3 is 2.67 bits per heavy atom. The summed E-state index contributed by atoms with van der Waals surface area (Å²) in [5.41, 5.74) is -0.190. The third kappa shape index (κ3) is 5.45. The Morgan fingerprint density at radius 2 is 2.10 bits per heavy atom. The molecule has 1 rings (SSSR count). The maximum atomic E-state index is 11.8. The molecule has 0 spiro atoms. The van der Waals surface area contributed by atoms with Crippen LogP contribution in [-0.4, -0.2) is 40.6 Å². The molecule has 1 atom stereocenters. The molecule has 1 N–H and O–H groups in total. The highest BCUT2D eigenvalue weighted by Crippen LogP contribution is 2.11. The van der Waals surface area contributed by atoms with Gasteiger partial charge in [0, 0.05) is 12.7 Å². The highest BCUT2D eigenvalue weighted by Gasteiger charge is 2.20. The minimum absolute atomic E-state index is 0.202. The van der Waals surface area contributed by atoms with E-state index in [0.29, 0.717) is 18.8 Å². The molecule has 0 saturated heterocycles. The van der Waals surface area contributed by atoms with E-state index in [4.69, 9.17) is 9.47 Å². The zero-order valence-corrected chi connectivity index (χ0v) is 13.2. The summed E-state index contributed by atoms with van der Waals surface area (Å²) in [5, 5.41) is 6.75. The van der Waals surface area contributed by atoms with Crippen molar-refractivity contribution < 1.29 is 19.1 Å². The fourth-order valence-corrected chi connectivity index (χ4v) is 1.66. The molecule has 1 amide bonds. The number of hydrogen-bond donors (Lipinski definition) is 1. The fraction of sp³-hybridized carbons (Fsp3) is 0.643. The molecule has 7 heteroatoms. The molecule has 7 nitrogen and oxygen atoms in total. The molecule has 21 heavy (non-hydrogen) atoms.